The lowest BCUT2D eigenvalue weighted by molar-refractivity contribution is -0.142. The van der Waals surface area contributed by atoms with Crippen LogP contribution in [0.4, 0.5) is 4.79 Å². The van der Waals surface area contributed by atoms with Gasteiger partial charge in [-0.15, -0.1) is 6.58 Å². The smallest absolute Gasteiger partial charge is 0.407 e. The standard InChI is InChI=1S/C44H56N6O8S/c1-5-29-23-44(29,41(53)48-59(55,56)31-18-19-31)47-38(51)34-22-30-25-50(34)40(52)36(28-14-8-9-15-28)46-42(54)57-26-43(3,4)20-12-6-7-13-21-49-24-27(2)35-32-16-10-11-17-33(32)45-39(58-30)37(35)49/h5,7,10-11,13,16-17,24,28-31,34,36H,1,6,8-9,12,14-15,18-23,25-26H2,2-4H3,(H,46,54)(H,47,51)(H,48,53)/t29-,30+,34-,36+,44-/m1/s1. The van der Waals surface area contributed by atoms with Gasteiger partial charge in [0.1, 0.15) is 29.2 Å². The summed E-state index contributed by atoms with van der Waals surface area (Å²) in [7, 11) is -3.90. The molecule has 0 radical (unpaired) electrons. The molecule has 3 aliphatic carbocycles. The molecule has 5 atom stereocenters. The molecule has 59 heavy (non-hydrogen) atoms. The predicted molar refractivity (Wildman–Crippen MR) is 223 cm³/mol. The highest BCUT2D eigenvalue weighted by Gasteiger charge is 2.62. The molecular weight excluding hydrogens is 773 g/mol. The molecule has 2 aliphatic heterocycles. The Bertz CT molecular complexity index is 2310. The maximum absolute atomic E-state index is 14.9. The van der Waals surface area contributed by atoms with E-state index in [0.29, 0.717) is 25.3 Å². The van der Waals surface area contributed by atoms with Gasteiger partial charge in [0, 0.05) is 35.9 Å². The van der Waals surface area contributed by atoms with Crippen LogP contribution >= 0.6 is 0 Å². The lowest BCUT2D eigenvalue weighted by Crippen LogP contribution is -2.59. The molecule has 2 bridgehead atoms. The number of alkyl carbamates (subject to hydrolysis) is 1. The highest BCUT2D eigenvalue weighted by Crippen LogP contribution is 2.46. The minimum Gasteiger partial charge on any atom is -0.471 e. The summed E-state index contributed by atoms with van der Waals surface area (Å²) in [6, 6.07) is 5.79. The first kappa shape index (κ1) is 40.8. The van der Waals surface area contributed by atoms with Crippen LogP contribution in [0.15, 0.2) is 55.3 Å². The summed E-state index contributed by atoms with van der Waals surface area (Å²) in [6.45, 7) is 10.7. The number of para-hydroxylation sites is 1. The van der Waals surface area contributed by atoms with E-state index in [-0.39, 0.29) is 37.3 Å². The number of benzene rings is 1. The van der Waals surface area contributed by atoms with Crippen molar-refractivity contribution in [1.29, 1.82) is 0 Å². The monoisotopic (exact) mass is 828 g/mol. The van der Waals surface area contributed by atoms with Gasteiger partial charge >= 0.3 is 6.09 Å². The van der Waals surface area contributed by atoms with Gasteiger partial charge in [-0.3, -0.25) is 19.1 Å². The van der Waals surface area contributed by atoms with Crippen LogP contribution in [-0.4, -0.2) is 88.8 Å². The van der Waals surface area contributed by atoms with Crippen molar-refractivity contribution in [2.75, 3.05) is 13.2 Å². The molecule has 316 valence electrons. The van der Waals surface area contributed by atoms with Crippen LogP contribution in [0.3, 0.4) is 0 Å². The fraction of sp³-hybridized carbons (Fsp3) is 0.568. The number of aryl methyl sites for hydroxylation is 1. The minimum atomic E-state index is -3.90. The molecule has 3 aromatic rings. The molecule has 8 rings (SSSR count). The maximum atomic E-state index is 14.9. The average Bonchev–Trinajstić information content (AvgIpc) is 4.02. The number of nitrogens with one attached hydrogen (secondary N) is 3. The third-order valence-electron chi connectivity index (χ3n) is 12.9. The number of pyridine rings is 1. The van der Waals surface area contributed by atoms with Crippen LogP contribution in [0.25, 0.3) is 21.8 Å². The number of cyclic esters (lactones) is 1. The largest absolute Gasteiger partial charge is 0.471 e. The van der Waals surface area contributed by atoms with E-state index in [1.54, 1.807) is 0 Å². The zero-order chi connectivity index (χ0) is 41.7. The van der Waals surface area contributed by atoms with Crippen LogP contribution in [-0.2, 0) is 35.7 Å². The van der Waals surface area contributed by atoms with Crippen molar-refractivity contribution < 1.29 is 37.1 Å². The zero-order valence-corrected chi connectivity index (χ0v) is 35.0. The Morgan fingerprint density at radius 2 is 1.83 bits per heavy atom. The normalized spacial score (nSPS) is 28.1. The number of ether oxygens (including phenoxy) is 2. The number of hydrogen-bond donors (Lipinski definition) is 3. The molecule has 1 saturated heterocycles. The number of carbonyl (C=O) groups is 4. The Kier molecular flexibility index (Phi) is 11.0. The van der Waals surface area contributed by atoms with Crippen molar-refractivity contribution >= 4 is 55.6 Å². The van der Waals surface area contributed by atoms with E-state index < -0.39 is 68.7 Å². The van der Waals surface area contributed by atoms with Crippen LogP contribution in [0.5, 0.6) is 5.88 Å². The Morgan fingerprint density at radius 3 is 2.56 bits per heavy atom. The van der Waals surface area contributed by atoms with Gasteiger partial charge in [-0.25, -0.2) is 18.2 Å². The van der Waals surface area contributed by atoms with Crippen molar-refractivity contribution in [3.63, 3.8) is 0 Å². The molecule has 5 aliphatic rings. The van der Waals surface area contributed by atoms with Gasteiger partial charge in [-0.2, -0.15) is 0 Å². The number of rotatable bonds is 7. The van der Waals surface area contributed by atoms with E-state index in [9.17, 15) is 27.6 Å². The number of carbonyl (C=O) groups excluding carboxylic acids is 4. The van der Waals surface area contributed by atoms with Crippen molar-refractivity contribution in [3.05, 3.63) is 60.8 Å². The average molecular weight is 829 g/mol. The van der Waals surface area contributed by atoms with Crippen LogP contribution in [0.1, 0.15) is 90.0 Å². The van der Waals surface area contributed by atoms with E-state index in [0.717, 1.165) is 72.3 Å². The summed E-state index contributed by atoms with van der Waals surface area (Å²) in [4.78, 5) is 63.2. The molecular formula is C44H56N6O8S. The van der Waals surface area contributed by atoms with Crippen molar-refractivity contribution in [2.45, 2.75) is 127 Å². The number of fused-ring (bicyclic) bond motifs is 4. The van der Waals surface area contributed by atoms with Crippen molar-refractivity contribution in [1.82, 2.24) is 29.8 Å². The van der Waals surface area contributed by atoms with Gasteiger partial charge < -0.3 is 29.6 Å². The second-order valence-corrected chi connectivity index (χ2v) is 20.0. The molecule has 4 fully saturated rings. The van der Waals surface area contributed by atoms with Gasteiger partial charge in [-0.1, -0.05) is 63.1 Å². The number of hydrogen-bond acceptors (Lipinski definition) is 9. The number of amides is 4. The third kappa shape index (κ3) is 8.31. The van der Waals surface area contributed by atoms with E-state index >= 15 is 0 Å². The third-order valence-corrected chi connectivity index (χ3v) is 14.8. The van der Waals surface area contributed by atoms with E-state index in [1.807, 2.05) is 24.3 Å². The van der Waals surface area contributed by atoms with Gasteiger partial charge in [0.2, 0.25) is 27.7 Å². The molecule has 14 nitrogen and oxygen atoms in total. The summed E-state index contributed by atoms with van der Waals surface area (Å²) in [6.07, 6.45) is 13.5. The first-order valence-electron chi connectivity index (χ1n) is 21.1. The molecule has 0 spiro atoms. The molecule has 0 unspecified atom stereocenters. The highest BCUT2D eigenvalue weighted by molar-refractivity contribution is 7.91. The number of nitrogens with zero attached hydrogens (tertiary/aromatic N) is 3. The SMILES string of the molecule is C=C[C@@H]1C[C@]1(NC(=O)[C@H]1C[C@H]2CN1C(=O)[C@H](C1CCCC1)NC(=O)OCC(C)(C)CCCC=CCn1cc(C)c3c4ccccc4nc(c31)O2)C(=O)NS(=O)(=O)C1CC1. The highest BCUT2D eigenvalue weighted by atomic mass is 32.2. The number of sulfonamides is 1. The van der Waals surface area contributed by atoms with Crippen LogP contribution < -0.4 is 20.1 Å². The minimum absolute atomic E-state index is 0.000362. The van der Waals surface area contributed by atoms with Gasteiger partial charge in [0.25, 0.3) is 5.91 Å². The van der Waals surface area contributed by atoms with Crippen molar-refractivity contribution in [3.8, 4) is 5.88 Å². The predicted octanol–water partition coefficient (Wildman–Crippen LogP) is 5.57. The Balaban J connectivity index is 1.17. The molecule has 1 aromatic carbocycles. The first-order chi connectivity index (χ1) is 28.2. The summed E-state index contributed by atoms with van der Waals surface area (Å²) < 4.78 is 42.6. The van der Waals surface area contributed by atoms with Crippen molar-refractivity contribution in [2.24, 2.45) is 17.3 Å². The fourth-order valence-corrected chi connectivity index (χ4v) is 10.7. The van der Waals surface area contributed by atoms with Gasteiger partial charge in [-0.05, 0) is 81.3 Å². The molecule has 3 saturated carbocycles. The lowest BCUT2D eigenvalue weighted by Gasteiger charge is -2.32. The Labute approximate surface area is 345 Å². The van der Waals surface area contributed by atoms with Gasteiger partial charge in [0.15, 0.2) is 0 Å². The van der Waals surface area contributed by atoms with Crippen LogP contribution in [0.2, 0.25) is 0 Å². The second kappa shape index (κ2) is 15.9. The van der Waals surface area contributed by atoms with E-state index in [4.69, 9.17) is 14.5 Å². The van der Waals surface area contributed by atoms with Crippen LogP contribution in [0, 0.1) is 24.2 Å². The fourth-order valence-electron chi connectivity index (χ4n) is 9.34. The molecule has 15 heteroatoms. The summed E-state index contributed by atoms with van der Waals surface area (Å²) >= 11 is 0. The lowest BCUT2D eigenvalue weighted by atomic mass is 9.88. The van der Waals surface area contributed by atoms with E-state index in [1.165, 1.54) is 11.0 Å². The summed E-state index contributed by atoms with van der Waals surface area (Å²) in [5.74, 6) is -2.20. The first-order valence-corrected chi connectivity index (χ1v) is 22.7. The molecule has 3 N–H and O–H groups in total. The number of aromatic nitrogens is 2. The maximum Gasteiger partial charge on any atom is 0.407 e. The molecule has 4 heterocycles. The zero-order valence-electron chi connectivity index (χ0n) is 34.2. The number of allylic oxidation sites excluding steroid dienone is 2. The quantitative estimate of drug-likeness (QED) is 0.257. The Hall–Kier alpha value is -4.92. The van der Waals surface area contributed by atoms with E-state index in [2.05, 4.69) is 65.6 Å². The van der Waals surface area contributed by atoms with Gasteiger partial charge in [0.05, 0.1) is 23.9 Å². The topological polar surface area (TPSA) is 178 Å². The molecule has 2 aromatic heterocycles. The summed E-state index contributed by atoms with van der Waals surface area (Å²) in [5.41, 5.74) is 0.755. The molecule has 4 amide bonds. The second-order valence-electron chi connectivity index (χ2n) is 18.1. The summed E-state index contributed by atoms with van der Waals surface area (Å²) in [5, 5.41) is 7.13. The Morgan fingerprint density at radius 1 is 1.07 bits per heavy atom.